The van der Waals surface area contributed by atoms with Gasteiger partial charge in [-0.3, -0.25) is 4.79 Å². The highest BCUT2D eigenvalue weighted by atomic mass is 16.2. The van der Waals surface area contributed by atoms with Crippen molar-refractivity contribution in [2.75, 3.05) is 60.9 Å². The molecule has 1 N–H and O–H groups in total. The molecule has 6 nitrogen and oxygen atoms in total. The lowest BCUT2D eigenvalue weighted by atomic mass is 10.1. The highest BCUT2D eigenvalue weighted by molar-refractivity contribution is 5.77. The van der Waals surface area contributed by atoms with E-state index in [2.05, 4.69) is 44.4 Å². The molecule has 4 rings (SSSR count). The van der Waals surface area contributed by atoms with E-state index in [1.54, 1.807) is 0 Å². The summed E-state index contributed by atoms with van der Waals surface area (Å²) in [7, 11) is 0. The van der Waals surface area contributed by atoms with Crippen LogP contribution in [-0.2, 0) is 4.79 Å². The van der Waals surface area contributed by atoms with Crippen molar-refractivity contribution in [3.05, 3.63) is 48.7 Å². The average Bonchev–Trinajstić information content (AvgIpc) is 2.81. The number of hydrogen-bond donors (Lipinski definition) is 1. The van der Waals surface area contributed by atoms with Gasteiger partial charge in [-0.2, -0.15) is 0 Å². The van der Waals surface area contributed by atoms with Crippen LogP contribution in [-0.4, -0.2) is 61.6 Å². The maximum atomic E-state index is 12.5. The molecule has 2 aliphatic rings. The lowest BCUT2D eigenvalue weighted by molar-refractivity contribution is -0.131. The van der Waals surface area contributed by atoms with Gasteiger partial charge in [-0.1, -0.05) is 6.07 Å². The Labute approximate surface area is 173 Å². The molecule has 0 aliphatic carbocycles. The standard InChI is InChI=1S/C23H31N5O/c29-23(28-18-16-27(17-19-28)22-6-2-3-12-25-22)11-13-24-20-7-9-21(10-8-20)26-14-4-1-5-15-26/h2-3,6-10,12,24H,1,4-5,11,13-19H2. The van der Waals surface area contributed by atoms with Gasteiger partial charge in [0.2, 0.25) is 5.91 Å². The molecule has 1 amide bonds. The molecular weight excluding hydrogens is 362 g/mol. The van der Waals surface area contributed by atoms with Crippen LogP contribution in [0.3, 0.4) is 0 Å². The Morgan fingerprint density at radius 2 is 1.62 bits per heavy atom. The Balaban J connectivity index is 1.18. The van der Waals surface area contributed by atoms with E-state index in [1.165, 1.54) is 24.9 Å². The molecule has 2 saturated heterocycles. The van der Waals surface area contributed by atoms with Gasteiger partial charge in [0, 0.05) is 69.8 Å². The van der Waals surface area contributed by atoms with Crippen LogP contribution in [0.2, 0.25) is 0 Å². The molecule has 2 aromatic rings. The molecule has 2 fully saturated rings. The third-order valence-corrected chi connectivity index (χ3v) is 5.86. The first kappa shape index (κ1) is 19.6. The highest BCUT2D eigenvalue weighted by Crippen LogP contribution is 2.22. The van der Waals surface area contributed by atoms with Crippen molar-refractivity contribution in [3.63, 3.8) is 0 Å². The third-order valence-electron chi connectivity index (χ3n) is 5.86. The summed E-state index contributed by atoms with van der Waals surface area (Å²) in [5, 5.41) is 3.39. The van der Waals surface area contributed by atoms with Crippen molar-refractivity contribution in [1.82, 2.24) is 9.88 Å². The van der Waals surface area contributed by atoms with Crippen LogP contribution in [0.4, 0.5) is 17.2 Å². The summed E-state index contributed by atoms with van der Waals surface area (Å²) in [4.78, 5) is 23.6. The molecular formula is C23H31N5O. The lowest BCUT2D eigenvalue weighted by Gasteiger charge is -2.35. The van der Waals surface area contributed by atoms with Crippen LogP contribution in [0.25, 0.3) is 0 Å². The fraction of sp³-hybridized carbons (Fsp3) is 0.478. The number of aromatic nitrogens is 1. The van der Waals surface area contributed by atoms with Crippen LogP contribution in [0, 0.1) is 0 Å². The molecule has 0 atom stereocenters. The summed E-state index contributed by atoms with van der Waals surface area (Å²) >= 11 is 0. The van der Waals surface area contributed by atoms with Crippen LogP contribution in [0.1, 0.15) is 25.7 Å². The lowest BCUT2D eigenvalue weighted by Crippen LogP contribution is -2.49. The average molecular weight is 394 g/mol. The van der Waals surface area contributed by atoms with E-state index in [0.717, 1.165) is 50.8 Å². The molecule has 1 aromatic heterocycles. The second kappa shape index (κ2) is 9.63. The number of anilines is 3. The maximum Gasteiger partial charge on any atom is 0.224 e. The minimum Gasteiger partial charge on any atom is -0.385 e. The number of pyridine rings is 1. The minimum absolute atomic E-state index is 0.225. The van der Waals surface area contributed by atoms with Crippen molar-refractivity contribution in [1.29, 1.82) is 0 Å². The van der Waals surface area contributed by atoms with E-state index in [4.69, 9.17) is 0 Å². The molecule has 2 aliphatic heterocycles. The van der Waals surface area contributed by atoms with Gasteiger partial charge in [-0.05, 0) is 55.7 Å². The van der Waals surface area contributed by atoms with Crippen LogP contribution in [0.5, 0.6) is 0 Å². The number of piperidine rings is 1. The fourth-order valence-corrected chi connectivity index (χ4v) is 4.14. The number of piperazine rings is 1. The largest absolute Gasteiger partial charge is 0.385 e. The Hall–Kier alpha value is -2.76. The first-order chi connectivity index (χ1) is 14.3. The van der Waals surface area contributed by atoms with E-state index < -0.39 is 0 Å². The second-order valence-corrected chi connectivity index (χ2v) is 7.83. The maximum absolute atomic E-state index is 12.5. The number of nitrogens with zero attached hydrogens (tertiary/aromatic N) is 4. The highest BCUT2D eigenvalue weighted by Gasteiger charge is 2.21. The van der Waals surface area contributed by atoms with Crippen LogP contribution in [0.15, 0.2) is 48.7 Å². The van der Waals surface area contributed by atoms with E-state index in [9.17, 15) is 4.79 Å². The van der Waals surface area contributed by atoms with Crippen molar-refractivity contribution >= 4 is 23.1 Å². The summed E-state index contributed by atoms with van der Waals surface area (Å²) in [6, 6.07) is 14.6. The summed E-state index contributed by atoms with van der Waals surface area (Å²) in [5.41, 5.74) is 2.38. The van der Waals surface area contributed by atoms with E-state index in [1.807, 2.05) is 29.3 Å². The van der Waals surface area contributed by atoms with Crippen LogP contribution >= 0.6 is 0 Å². The van der Waals surface area contributed by atoms with Gasteiger partial charge in [0.25, 0.3) is 0 Å². The van der Waals surface area contributed by atoms with Gasteiger partial charge < -0.3 is 20.0 Å². The fourth-order valence-electron chi connectivity index (χ4n) is 4.14. The molecule has 3 heterocycles. The topological polar surface area (TPSA) is 51.7 Å². The number of benzene rings is 1. The zero-order chi connectivity index (χ0) is 19.9. The number of carbonyl (C=O) groups is 1. The molecule has 154 valence electrons. The van der Waals surface area contributed by atoms with Crippen molar-refractivity contribution < 1.29 is 4.79 Å². The summed E-state index contributed by atoms with van der Waals surface area (Å²) in [5.74, 6) is 1.22. The molecule has 0 bridgehead atoms. The van der Waals surface area contributed by atoms with Crippen molar-refractivity contribution in [3.8, 4) is 0 Å². The van der Waals surface area contributed by atoms with Gasteiger partial charge in [0.1, 0.15) is 5.82 Å². The quantitative estimate of drug-likeness (QED) is 0.817. The van der Waals surface area contributed by atoms with Gasteiger partial charge >= 0.3 is 0 Å². The van der Waals surface area contributed by atoms with Gasteiger partial charge in [-0.15, -0.1) is 0 Å². The molecule has 1 aromatic carbocycles. The number of nitrogens with one attached hydrogen (secondary N) is 1. The smallest absolute Gasteiger partial charge is 0.224 e. The molecule has 0 saturated carbocycles. The Bertz CT molecular complexity index is 766. The molecule has 6 heteroatoms. The van der Waals surface area contributed by atoms with Crippen molar-refractivity contribution in [2.45, 2.75) is 25.7 Å². The Kier molecular flexibility index (Phi) is 6.49. The van der Waals surface area contributed by atoms with Gasteiger partial charge in [-0.25, -0.2) is 4.98 Å². The SMILES string of the molecule is O=C(CCNc1ccc(N2CCCCC2)cc1)N1CCN(c2ccccn2)CC1. The predicted octanol–water partition coefficient (Wildman–Crippen LogP) is 3.22. The number of carbonyl (C=O) groups excluding carboxylic acids is 1. The predicted molar refractivity (Wildman–Crippen MR) is 119 cm³/mol. The van der Waals surface area contributed by atoms with Crippen LogP contribution < -0.4 is 15.1 Å². The Morgan fingerprint density at radius 1 is 0.862 bits per heavy atom. The number of hydrogen-bond acceptors (Lipinski definition) is 5. The number of rotatable bonds is 6. The zero-order valence-corrected chi connectivity index (χ0v) is 17.1. The van der Waals surface area contributed by atoms with E-state index in [0.29, 0.717) is 13.0 Å². The molecule has 0 spiro atoms. The van der Waals surface area contributed by atoms with E-state index >= 15 is 0 Å². The number of amides is 1. The summed E-state index contributed by atoms with van der Waals surface area (Å²) in [6.07, 6.45) is 6.27. The molecule has 0 radical (unpaired) electrons. The second-order valence-electron chi connectivity index (χ2n) is 7.83. The summed E-state index contributed by atoms with van der Waals surface area (Å²) < 4.78 is 0. The minimum atomic E-state index is 0.225. The third kappa shape index (κ3) is 5.19. The Morgan fingerprint density at radius 3 is 2.31 bits per heavy atom. The monoisotopic (exact) mass is 393 g/mol. The van der Waals surface area contributed by atoms with Crippen molar-refractivity contribution in [2.24, 2.45) is 0 Å². The first-order valence-corrected chi connectivity index (χ1v) is 10.8. The zero-order valence-electron chi connectivity index (χ0n) is 17.1. The molecule has 29 heavy (non-hydrogen) atoms. The van der Waals surface area contributed by atoms with E-state index in [-0.39, 0.29) is 5.91 Å². The first-order valence-electron chi connectivity index (χ1n) is 10.8. The van der Waals surface area contributed by atoms with Gasteiger partial charge in [0.05, 0.1) is 0 Å². The molecule has 0 unspecified atom stereocenters. The van der Waals surface area contributed by atoms with Gasteiger partial charge in [0.15, 0.2) is 0 Å². The normalized spacial score (nSPS) is 17.3. The summed E-state index contributed by atoms with van der Waals surface area (Å²) in [6.45, 7) is 6.20.